The first-order valence-corrected chi connectivity index (χ1v) is 7.95. The molecule has 1 aromatic carbocycles. The number of hydrogen-bond donors (Lipinski definition) is 2. The largest absolute Gasteiger partial charge is 0.383 e. The molecule has 2 aromatic rings. The van der Waals surface area contributed by atoms with Crippen LogP contribution in [0.3, 0.4) is 0 Å². The van der Waals surface area contributed by atoms with E-state index < -0.39 is 0 Å². The molecule has 1 fully saturated rings. The Morgan fingerprint density at radius 2 is 1.64 bits per heavy atom. The second kappa shape index (κ2) is 6.64. The van der Waals surface area contributed by atoms with E-state index in [-0.39, 0.29) is 5.95 Å². The van der Waals surface area contributed by atoms with Crippen molar-refractivity contribution in [1.29, 1.82) is 0 Å². The van der Waals surface area contributed by atoms with Crippen molar-refractivity contribution in [2.24, 2.45) is 0 Å². The number of piperidine rings is 1. The van der Waals surface area contributed by atoms with Gasteiger partial charge in [0.15, 0.2) is 0 Å². The van der Waals surface area contributed by atoms with Crippen molar-refractivity contribution in [2.75, 3.05) is 29.5 Å². The maximum absolute atomic E-state index is 6.14. The number of nitrogen functional groups attached to an aromatic ring is 2. The molecule has 3 rings (SSSR count). The zero-order chi connectivity index (χ0) is 15.4. The molecule has 0 radical (unpaired) electrons. The average Bonchev–Trinajstić information content (AvgIpc) is 2.55. The molecular formula is C17H23N5. The van der Waals surface area contributed by atoms with Crippen LogP contribution in [0.15, 0.2) is 30.3 Å². The summed E-state index contributed by atoms with van der Waals surface area (Å²) in [6, 6.07) is 10.4. The normalized spacial score (nSPS) is 15.0. The van der Waals surface area contributed by atoms with E-state index >= 15 is 0 Å². The van der Waals surface area contributed by atoms with Crippen LogP contribution in [-0.4, -0.2) is 23.1 Å². The number of nitrogens with two attached hydrogens (primary N) is 2. The maximum Gasteiger partial charge on any atom is 0.223 e. The summed E-state index contributed by atoms with van der Waals surface area (Å²) in [6.07, 6.45) is 5.44. The van der Waals surface area contributed by atoms with Crippen molar-refractivity contribution in [3.05, 3.63) is 41.5 Å². The molecular weight excluding hydrogens is 274 g/mol. The predicted octanol–water partition coefficient (Wildman–Crippen LogP) is 2.42. The smallest absolute Gasteiger partial charge is 0.223 e. The predicted molar refractivity (Wildman–Crippen MR) is 90.8 cm³/mol. The molecule has 1 saturated heterocycles. The van der Waals surface area contributed by atoms with E-state index in [1.807, 2.05) is 6.07 Å². The van der Waals surface area contributed by atoms with Crippen molar-refractivity contribution < 1.29 is 0 Å². The molecule has 0 spiro atoms. The molecule has 0 atom stereocenters. The lowest BCUT2D eigenvalue weighted by Gasteiger charge is -2.29. The molecule has 0 aliphatic carbocycles. The molecule has 1 aromatic heterocycles. The van der Waals surface area contributed by atoms with Gasteiger partial charge in [-0.05, 0) is 37.7 Å². The lowest BCUT2D eigenvalue weighted by molar-refractivity contribution is 0.571. The molecule has 0 unspecified atom stereocenters. The number of benzene rings is 1. The fraction of sp³-hybridized carbons (Fsp3) is 0.412. The summed E-state index contributed by atoms with van der Waals surface area (Å²) in [5.41, 5.74) is 14.3. The van der Waals surface area contributed by atoms with Gasteiger partial charge >= 0.3 is 0 Å². The van der Waals surface area contributed by atoms with E-state index in [1.165, 1.54) is 24.8 Å². The summed E-state index contributed by atoms with van der Waals surface area (Å²) in [5, 5.41) is 0. The Hall–Kier alpha value is -2.30. The number of aromatic nitrogens is 2. The third-order valence-electron chi connectivity index (χ3n) is 4.20. The zero-order valence-corrected chi connectivity index (χ0v) is 12.8. The monoisotopic (exact) mass is 297 g/mol. The number of aryl methyl sites for hydroxylation is 1. The first-order valence-electron chi connectivity index (χ1n) is 7.95. The molecule has 0 amide bonds. The van der Waals surface area contributed by atoms with Crippen molar-refractivity contribution in [3.63, 3.8) is 0 Å². The highest BCUT2D eigenvalue weighted by atomic mass is 15.2. The van der Waals surface area contributed by atoms with Gasteiger partial charge in [0.05, 0.1) is 0 Å². The van der Waals surface area contributed by atoms with Crippen LogP contribution in [0, 0.1) is 0 Å². The molecule has 4 N–H and O–H groups in total. The van der Waals surface area contributed by atoms with E-state index in [9.17, 15) is 0 Å². The van der Waals surface area contributed by atoms with Crippen molar-refractivity contribution in [1.82, 2.24) is 9.97 Å². The van der Waals surface area contributed by atoms with E-state index in [2.05, 4.69) is 39.1 Å². The fourth-order valence-electron chi connectivity index (χ4n) is 3.03. The molecule has 1 aliphatic heterocycles. The number of hydrogen-bond acceptors (Lipinski definition) is 5. The van der Waals surface area contributed by atoms with Crippen LogP contribution >= 0.6 is 0 Å². The van der Waals surface area contributed by atoms with Gasteiger partial charge in [0.2, 0.25) is 5.95 Å². The highest BCUT2D eigenvalue weighted by Gasteiger charge is 2.19. The summed E-state index contributed by atoms with van der Waals surface area (Å²) < 4.78 is 0. The summed E-state index contributed by atoms with van der Waals surface area (Å²) in [5.74, 6) is 1.71. The summed E-state index contributed by atoms with van der Waals surface area (Å²) >= 11 is 0. The molecule has 5 nitrogen and oxygen atoms in total. The van der Waals surface area contributed by atoms with Gasteiger partial charge in [-0.3, -0.25) is 0 Å². The SMILES string of the molecule is Nc1nc(N)c(CCc2ccccc2)c(N2CCCCC2)n1. The highest BCUT2D eigenvalue weighted by molar-refractivity contribution is 5.60. The molecule has 0 saturated carbocycles. The van der Waals surface area contributed by atoms with Crippen LogP contribution in [0.1, 0.15) is 30.4 Å². The van der Waals surface area contributed by atoms with Crippen LogP contribution in [0.2, 0.25) is 0 Å². The van der Waals surface area contributed by atoms with Gasteiger partial charge in [0.25, 0.3) is 0 Å². The zero-order valence-electron chi connectivity index (χ0n) is 12.8. The van der Waals surface area contributed by atoms with Gasteiger partial charge < -0.3 is 16.4 Å². The molecule has 1 aliphatic rings. The summed E-state index contributed by atoms with van der Waals surface area (Å²) in [7, 11) is 0. The van der Waals surface area contributed by atoms with Crippen molar-refractivity contribution >= 4 is 17.6 Å². The Balaban J connectivity index is 1.85. The van der Waals surface area contributed by atoms with Gasteiger partial charge in [-0.2, -0.15) is 9.97 Å². The Labute approximate surface area is 131 Å². The van der Waals surface area contributed by atoms with Gasteiger partial charge in [0, 0.05) is 18.7 Å². The minimum Gasteiger partial charge on any atom is -0.383 e. The quantitative estimate of drug-likeness (QED) is 0.905. The van der Waals surface area contributed by atoms with Crippen LogP contribution in [0.25, 0.3) is 0 Å². The molecule has 116 valence electrons. The van der Waals surface area contributed by atoms with Crippen LogP contribution in [0.4, 0.5) is 17.6 Å². The minimum atomic E-state index is 0.265. The summed E-state index contributed by atoms with van der Waals surface area (Å²) in [6.45, 7) is 2.04. The topological polar surface area (TPSA) is 81.1 Å². The average molecular weight is 297 g/mol. The first kappa shape index (κ1) is 14.6. The third-order valence-corrected chi connectivity index (χ3v) is 4.20. The summed E-state index contributed by atoms with van der Waals surface area (Å²) in [4.78, 5) is 10.9. The van der Waals surface area contributed by atoms with Gasteiger partial charge in [0.1, 0.15) is 11.6 Å². The van der Waals surface area contributed by atoms with E-state index in [4.69, 9.17) is 11.5 Å². The van der Waals surface area contributed by atoms with Gasteiger partial charge in [-0.15, -0.1) is 0 Å². The van der Waals surface area contributed by atoms with Crippen LogP contribution in [-0.2, 0) is 12.8 Å². The molecule has 5 heteroatoms. The second-order valence-electron chi connectivity index (χ2n) is 5.80. The Kier molecular flexibility index (Phi) is 4.42. The number of rotatable bonds is 4. The molecule has 2 heterocycles. The Morgan fingerprint density at radius 1 is 0.909 bits per heavy atom. The standard InChI is InChI=1S/C17H23N5/c18-15-14(10-9-13-7-3-1-4-8-13)16(21-17(19)20-15)22-11-5-2-6-12-22/h1,3-4,7-8H,2,5-6,9-12H2,(H4,18,19,20,21). The third kappa shape index (κ3) is 3.30. The second-order valence-corrected chi connectivity index (χ2v) is 5.80. The minimum absolute atomic E-state index is 0.265. The van der Waals surface area contributed by atoms with E-state index in [1.54, 1.807) is 0 Å². The lowest BCUT2D eigenvalue weighted by atomic mass is 10.0. The van der Waals surface area contributed by atoms with Crippen LogP contribution < -0.4 is 16.4 Å². The highest BCUT2D eigenvalue weighted by Crippen LogP contribution is 2.27. The van der Waals surface area contributed by atoms with E-state index in [0.29, 0.717) is 5.82 Å². The molecule has 0 bridgehead atoms. The number of nitrogens with zero attached hydrogens (tertiary/aromatic N) is 3. The van der Waals surface area contributed by atoms with Crippen molar-refractivity contribution in [3.8, 4) is 0 Å². The lowest BCUT2D eigenvalue weighted by Crippen LogP contribution is -2.32. The van der Waals surface area contributed by atoms with Gasteiger partial charge in [-0.25, -0.2) is 0 Å². The Bertz CT molecular complexity index is 620. The maximum atomic E-state index is 6.14. The fourth-order valence-corrected chi connectivity index (χ4v) is 3.03. The first-order chi connectivity index (χ1) is 10.7. The van der Waals surface area contributed by atoms with Crippen LogP contribution in [0.5, 0.6) is 0 Å². The van der Waals surface area contributed by atoms with Crippen molar-refractivity contribution in [2.45, 2.75) is 32.1 Å². The number of anilines is 3. The Morgan fingerprint density at radius 3 is 2.36 bits per heavy atom. The van der Waals surface area contributed by atoms with E-state index in [0.717, 1.165) is 37.3 Å². The molecule has 22 heavy (non-hydrogen) atoms. The van der Waals surface area contributed by atoms with Gasteiger partial charge in [-0.1, -0.05) is 30.3 Å².